The molecule has 0 saturated carbocycles. The summed E-state index contributed by atoms with van der Waals surface area (Å²) >= 11 is 5.76. The van der Waals surface area contributed by atoms with Gasteiger partial charge in [-0.3, -0.25) is 0 Å². The second-order valence-electron chi connectivity index (χ2n) is 2.97. The van der Waals surface area contributed by atoms with Crippen molar-refractivity contribution in [3.05, 3.63) is 11.8 Å². The first-order valence-electron chi connectivity index (χ1n) is 4.61. The smallest absolute Gasteiger partial charge is 0.338 e. The van der Waals surface area contributed by atoms with E-state index >= 15 is 0 Å². The molecule has 0 aromatic heterocycles. The van der Waals surface area contributed by atoms with Crippen molar-refractivity contribution in [2.45, 2.75) is 33.8 Å². The Hall–Kier alpha value is -0.310. The number of rotatable bonds is 6. The summed E-state index contributed by atoms with van der Waals surface area (Å²) < 4.78 is 15.0. The van der Waals surface area contributed by atoms with Gasteiger partial charge in [0.05, 0.1) is 18.8 Å². The minimum atomic E-state index is -1.50. The molecule has 0 aromatic carbocycles. The first-order chi connectivity index (χ1) is 6.95. The van der Waals surface area contributed by atoms with Crippen LogP contribution in [0.1, 0.15) is 27.7 Å². The number of hydrogen-bond donors (Lipinski definition) is 0. The fraction of sp³-hybridized carbons (Fsp3) is 0.667. The highest BCUT2D eigenvalue weighted by atomic mass is 35.7. The summed E-state index contributed by atoms with van der Waals surface area (Å²) in [6, 6.07) is 0. The summed E-state index contributed by atoms with van der Waals surface area (Å²) in [6.07, 6.45) is 1.23. The van der Waals surface area contributed by atoms with Gasteiger partial charge < -0.3 is 13.8 Å². The summed E-state index contributed by atoms with van der Waals surface area (Å²) in [7, 11) is -1.50. The average Bonchev–Trinajstić information content (AvgIpc) is 2.00. The van der Waals surface area contributed by atoms with Crippen molar-refractivity contribution in [1.82, 2.24) is 0 Å². The number of carbonyl (C=O) groups is 1. The third kappa shape index (κ3) is 8.67. The maximum absolute atomic E-state index is 11.0. The summed E-state index contributed by atoms with van der Waals surface area (Å²) in [5.74, 6) is -0.0603. The molecule has 0 N–H and O–H groups in total. The molecule has 88 valence electrons. The number of carbonyl (C=O) groups excluding carboxylic acids is 1. The predicted molar refractivity (Wildman–Crippen MR) is 60.5 cm³/mol. The van der Waals surface area contributed by atoms with Crippen LogP contribution in [0.25, 0.3) is 0 Å². The SMILES string of the molecule is CCOC(=O)C=C(C)OP(Cl)OC(C)C. The van der Waals surface area contributed by atoms with Gasteiger partial charge in [0, 0.05) is 0 Å². The number of esters is 1. The molecule has 6 heteroatoms. The van der Waals surface area contributed by atoms with Gasteiger partial charge in [0.15, 0.2) is 0 Å². The quantitative estimate of drug-likeness (QED) is 0.316. The van der Waals surface area contributed by atoms with E-state index in [1.165, 1.54) is 6.08 Å². The number of ether oxygens (including phenoxy) is 1. The standard InChI is InChI=1S/C9H16ClO4P/c1-5-12-9(11)6-8(4)14-15(10)13-7(2)3/h6-7H,5H2,1-4H3. The van der Waals surface area contributed by atoms with E-state index in [0.29, 0.717) is 12.4 Å². The van der Waals surface area contributed by atoms with Gasteiger partial charge in [-0.15, -0.1) is 0 Å². The van der Waals surface area contributed by atoms with E-state index in [1.807, 2.05) is 13.8 Å². The molecule has 15 heavy (non-hydrogen) atoms. The lowest BCUT2D eigenvalue weighted by Gasteiger charge is -2.13. The second kappa shape index (κ2) is 7.91. The maximum Gasteiger partial charge on any atom is 0.338 e. The molecule has 0 rings (SSSR count). The second-order valence-corrected chi connectivity index (χ2v) is 4.61. The molecule has 0 saturated heterocycles. The fourth-order valence-corrected chi connectivity index (χ4v) is 2.13. The molecular formula is C9H16ClO4P. The third-order valence-electron chi connectivity index (χ3n) is 1.12. The van der Waals surface area contributed by atoms with Gasteiger partial charge in [-0.05, 0) is 38.9 Å². The number of hydrogen-bond acceptors (Lipinski definition) is 4. The summed E-state index contributed by atoms with van der Waals surface area (Å²) in [5.41, 5.74) is 0. The molecular weight excluding hydrogens is 239 g/mol. The molecule has 0 heterocycles. The van der Waals surface area contributed by atoms with Crippen LogP contribution < -0.4 is 0 Å². The van der Waals surface area contributed by atoms with Crippen LogP contribution >= 0.6 is 19.0 Å². The van der Waals surface area contributed by atoms with Gasteiger partial charge in [0.25, 0.3) is 0 Å². The molecule has 0 radical (unpaired) electrons. The lowest BCUT2D eigenvalue weighted by Crippen LogP contribution is -2.01. The Labute approximate surface area is 96.2 Å². The van der Waals surface area contributed by atoms with Crippen molar-refractivity contribution in [2.24, 2.45) is 0 Å². The normalized spacial score (nSPS) is 13.9. The first-order valence-corrected chi connectivity index (χ1v) is 6.69. The third-order valence-corrected chi connectivity index (χ3v) is 2.58. The molecule has 1 unspecified atom stereocenters. The topological polar surface area (TPSA) is 44.8 Å². The molecule has 0 aromatic rings. The number of halogens is 1. The van der Waals surface area contributed by atoms with Crippen LogP contribution in [0.3, 0.4) is 0 Å². The summed E-state index contributed by atoms with van der Waals surface area (Å²) in [5, 5.41) is 0. The zero-order chi connectivity index (χ0) is 11.8. The van der Waals surface area contributed by atoms with Gasteiger partial charge in [-0.1, -0.05) is 0 Å². The van der Waals surface area contributed by atoms with Crippen molar-refractivity contribution in [2.75, 3.05) is 6.61 Å². The van der Waals surface area contributed by atoms with Crippen molar-refractivity contribution in [3.63, 3.8) is 0 Å². The Morgan fingerprint density at radius 2 is 2.13 bits per heavy atom. The highest BCUT2D eigenvalue weighted by Crippen LogP contribution is 2.46. The van der Waals surface area contributed by atoms with Gasteiger partial charge in [-0.25, -0.2) is 4.79 Å². The molecule has 0 aliphatic carbocycles. The fourth-order valence-electron chi connectivity index (χ4n) is 0.677. The Balaban J connectivity index is 4.00. The van der Waals surface area contributed by atoms with E-state index in [9.17, 15) is 4.79 Å². The Bertz CT molecular complexity index is 230. The van der Waals surface area contributed by atoms with Crippen LogP contribution in [-0.4, -0.2) is 18.7 Å². The Kier molecular flexibility index (Phi) is 7.75. The molecule has 0 amide bonds. The summed E-state index contributed by atoms with van der Waals surface area (Å²) in [4.78, 5) is 11.0. The van der Waals surface area contributed by atoms with Crippen LogP contribution in [-0.2, 0) is 18.6 Å². The zero-order valence-electron chi connectivity index (χ0n) is 9.32. The van der Waals surface area contributed by atoms with E-state index in [4.69, 9.17) is 25.0 Å². The van der Waals surface area contributed by atoms with Gasteiger partial charge in [-0.2, -0.15) is 0 Å². The van der Waals surface area contributed by atoms with Crippen LogP contribution in [0.15, 0.2) is 11.8 Å². The molecule has 1 atom stereocenters. The molecule has 0 aliphatic heterocycles. The molecule has 0 fully saturated rings. The minimum Gasteiger partial charge on any atom is -0.463 e. The van der Waals surface area contributed by atoms with Crippen LogP contribution in [0, 0.1) is 0 Å². The predicted octanol–water partition coefficient (Wildman–Crippen LogP) is 3.36. The van der Waals surface area contributed by atoms with Gasteiger partial charge in [0.2, 0.25) is 0 Å². The highest BCUT2D eigenvalue weighted by Gasteiger charge is 2.11. The molecule has 0 spiro atoms. The van der Waals surface area contributed by atoms with Crippen molar-refractivity contribution >= 4 is 24.9 Å². The highest BCUT2D eigenvalue weighted by molar-refractivity contribution is 7.76. The molecule has 0 bridgehead atoms. The van der Waals surface area contributed by atoms with Gasteiger partial charge >= 0.3 is 13.7 Å². The lowest BCUT2D eigenvalue weighted by molar-refractivity contribution is -0.137. The van der Waals surface area contributed by atoms with E-state index in [1.54, 1.807) is 13.8 Å². The van der Waals surface area contributed by atoms with Crippen LogP contribution in [0.2, 0.25) is 0 Å². The molecule has 0 aliphatic rings. The van der Waals surface area contributed by atoms with Crippen molar-refractivity contribution in [1.29, 1.82) is 0 Å². The molecule has 4 nitrogen and oxygen atoms in total. The Morgan fingerprint density at radius 1 is 1.53 bits per heavy atom. The monoisotopic (exact) mass is 254 g/mol. The van der Waals surface area contributed by atoms with Crippen molar-refractivity contribution in [3.8, 4) is 0 Å². The van der Waals surface area contributed by atoms with Crippen LogP contribution in [0.5, 0.6) is 0 Å². The largest absolute Gasteiger partial charge is 0.463 e. The van der Waals surface area contributed by atoms with E-state index in [2.05, 4.69) is 0 Å². The first kappa shape index (κ1) is 14.7. The zero-order valence-corrected chi connectivity index (χ0v) is 11.0. The minimum absolute atomic E-state index is 0.0102. The Morgan fingerprint density at radius 3 is 2.60 bits per heavy atom. The van der Waals surface area contributed by atoms with E-state index < -0.39 is 13.7 Å². The lowest BCUT2D eigenvalue weighted by atomic mass is 10.5. The van der Waals surface area contributed by atoms with Crippen LogP contribution in [0.4, 0.5) is 0 Å². The summed E-state index contributed by atoms with van der Waals surface area (Å²) in [6.45, 7) is 7.40. The van der Waals surface area contributed by atoms with E-state index in [0.717, 1.165) is 0 Å². The van der Waals surface area contributed by atoms with E-state index in [-0.39, 0.29) is 6.10 Å². The average molecular weight is 255 g/mol. The van der Waals surface area contributed by atoms with Crippen molar-refractivity contribution < 1.29 is 18.6 Å². The maximum atomic E-state index is 11.0. The van der Waals surface area contributed by atoms with Gasteiger partial charge in [0.1, 0.15) is 5.76 Å². The number of allylic oxidation sites excluding steroid dienone is 1.